The van der Waals surface area contributed by atoms with Gasteiger partial charge in [-0.1, -0.05) is 29.8 Å². The first-order chi connectivity index (χ1) is 8.34. The molecule has 0 unspecified atom stereocenters. The van der Waals surface area contributed by atoms with Gasteiger partial charge in [0.25, 0.3) is 0 Å². The summed E-state index contributed by atoms with van der Waals surface area (Å²) < 4.78 is 1.88. The fourth-order valence-electron chi connectivity index (χ4n) is 1.85. The molecule has 2 heterocycles. The number of hydrogen-bond donors (Lipinski definition) is 0. The van der Waals surface area contributed by atoms with E-state index < -0.39 is 0 Å². The van der Waals surface area contributed by atoms with Crippen molar-refractivity contribution in [1.82, 2.24) is 14.8 Å². The van der Waals surface area contributed by atoms with Crippen LogP contribution in [0.15, 0.2) is 48.7 Å². The van der Waals surface area contributed by atoms with Crippen molar-refractivity contribution in [1.29, 1.82) is 0 Å². The molecule has 3 rings (SSSR count). The number of benzene rings is 1. The first-order valence-electron chi connectivity index (χ1n) is 5.35. The molecule has 0 aliphatic heterocycles. The van der Waals surface area contributed by atoms with Gasteiger partial charge >= 0.3 is 0 Å². The van der Waals surface area contributed by atoms with E-state index in [-0.39, 0.29) is 0 Å². The molecule has 84 valence electrons. The van der Waals surface area contributed by atoms with Crippen molar-refractivity contribution >= 4 is 22.5 Å². The van der Waals surface area contributed by atoms with Gasteiger partial charge in [0.2, 0.25) is 0 Å². The van der Waals surface area contributed by atoms with E-state index in [1.54, 1.807) is 6.20 Å². The lowest BCUT2D eigenvalue weighted by Gasteiger charge is -2.02. The Bertz CT molecular complexity index is 646. The molecule has 4 heteroatoms. The number of aromatic nitrogens is 3. The summed E-state index contributed by atoms with van der Waals surface area (Å²) in [5, 5.41) is 5.84. The van der Waals surface area contributed by atoms with Crippen molar-refractivity contribution in [2.75, 3.05) is 0 Å². The van der Waals surface area contributed by atoms with Crippen molar-refractivity contribution < 1.29 is 0 Å². The number of nitrogens with zero attached hydrogens (tertiary/aromatic N) is 3. The molecule has 0 aliphatic carbocycles. The quantitative estimate of drug-likeness (QED) is 0.692. The van der Waals surface area contributed by atoms with Crippen molar-refractivity contribution in [3.8, 4) is 0 Å². The van der Waals surface area contributed by atoms with Gasteiger partial charge < -0.3 is 0 Å². The van der Waals surface area contributed by atoms with Crippen LogP contribution >= 0.6 is 11.6 Å². The van der Waals surface area contributed by atoms with Gasteiger partial charge in [-0.3, -0.25) is 9.67 Å². The van der Waals surface area contributed by atoms with Crippen LogP contribution in [0.4, 0.5) is 0 Å². The Balaban J connectivity index is 2.07. The minimum Gasteiger partial charge on any atom is -0.259 e. The number of halogens is 1. The molecule has 17 heavy (non-hydrogen) atoms. The Morgan fingerprint density at radius 1 is 1.06 bits per heavy atom. The van der Waals surface area contributed by atoms with E-state index in [0.29, 0.717) is 11.7 Å². The first-order valence-corrected chi connectivity index (χ1v) is 5.73. The van der Waals surface area contributed by atoms with Crippen LogP contribution in [-0.2, 0) is 6.54 Å². The number of pyridine rings is 1. The molecule has 0 spiro atoms. The fraction of sp³-hybridized carbons (Fsp3) is 0.0769. The van der Waals surface area contributed by atoms with E-state index in [1.807, 2.05) is 47.1 Å². The van der Waals surface area contributed by atoms with E-state index in [2.05, 4.69) is 10.1 Å². The molecule has 0 fully saturated rings. The monoisotopic (exact) mass is 243 g/mol. The van der Waals surface area contributed by atoms with Crippen molar-refractivity contribution in [2.24, 2.45) is 0 Å². The summed E-state index contributed by atoms with van der Waals surface area (Å²) in [5.41, 5.74) is 2.00. The smallest absolute Gasteiger partial charge is 0.158 e. The highest BCUT2D eigenvalue weighted by Gasteiger charge is 2.08. The van der Waals surface area contributed by atoms with Crippen molar-refractivity contribution in [2.45, 2.75) is 6.54 Å². The zero-order valence-corrected chi connectivity index (χ0v) is 9.80. The summed E-state index contributed by atoms with van der Waals surface area (Å²) in [4.78, 5) is 4.29. The predicted octanol–water partition coefficient (Wildman–Crippen LogP) is 3.13. The zero-order chi connectivity index (χ0) is 11.7. The molecule has 0 amide bonds. The third-order valence-electron chi connectivity index (χ3n) is 2.65. The topological polar surface area (TPSA) is 30.7 Å². The summed E-state index contributed by atoms with van der Waals surface area (Å²) in [6, 6.07) is 13.8. The van der Waals surface area contributed by atoms with Gasteiger partial charge in [0.15, 0.2) is 5.15 Å². The standard InChI is InChI=1S/C13H10ClN3/c14-13-11-6-1-2-7-12(11)17(16-13)9-10-5-3-4-8-15-10/h1-8H,9H2. The third kappa shape index (κ3) is 1.89. The molecule has 3 nitrogen and oxygen atoms in total. The summed E-state index contributed by atoms with van der Waals surface area (Å²) in [5.74, 6) is 0. The molecule has 0 N–H and O–H groups in total. The van der Waals surface area contributed by atoms with E-state index in [9.17, 15) is 0 Å². The van der Waals surface area contributed by atoms with Gasteiger partial charge in [0.1, 0.15) is 0 Å². The Morgan fingerprint density at radius 2 is 1.88 bits per heavy atom. The first kappa shape index (κ1) is 10.3. The van der Waals surface area contributed by atoms with E-state index in [1.165, 1.54) is 0 Å². The lowest BCUT2D eigenvalue weighted by molar-refractivity contribution is 0.697. The average molecular weight is 244 g/mol. The number of rotatable bonds is 2. The van der Waals surface area contributed by atoms with Crippen LogP contribution in [0, 0.1) is 0 Å². The molecule has 1 aromatic carbocycles. The predicted molar refractivity (Wildman–Crippen MR) is 68.1 cm³/mol. The molecular weight excluding hydrogens is 234 g/mol. The van der Waals surface area contributed by atoms with Crippen LogP contribution in [0.3, 0.4) is 0 Å². The van der Waals surface area contributed by atoms with Crippen LogP contribution in [0.2, 0.25) is 5.15 Å². The van der Waals surface area contributed by atoms with Crippen LogP contribution < -0.4 is 0 Å². The highest BCUT2D eigenvalue weighted by atomic mass is 35.5. The highest BCUT2D eigenvalue weighted by molar-refractivity contribution is 6.34. The summed E-state index contributed by atoms with van der Waals surface area (Å²) in [6.07, 6.45) is 1.78. The maximum Gasteiger partial charge on any atom is 0.158 e. The van der Waals surface area contributed by atoms with Crippen LogP contribution in [0.1, 0.15) is 5.69 Å². The van der Waals surface area contributed by atoms with Gasteiger partial charge in [-0.15, -0.1) is 0 Å². The molecule has 0 radical (unpaired) electrons. The summed E-state index contributed by atoms with van der Waals surface area (Å²) in [7, 11) is 0. The van der Waals surface area contributed by atoms with Crippen LogP contribution in [-0.4, -0.2) is 14.8 Å². The van der Waals surface area contributed by atoms with Gasteiger partial charge in [-0.2, -0.15) is 5.10 Å². The maximum absolute atomic E-state index is 6.09. The van der Waals surface area contributed by atoms with E-state index >= 15 is 0 Å². The molecular formula is C13H10ClN3. The minimum absolute atomic E-state index is 0.538. The van der Waals surface area contributed by atoms with Crippen LogP contribution in [0.5, 0.6) is 0 Å². The molecule has 0 atom stereocenters. The molecule has 0 aliphatic rings. The van der Waals surface area contributed by atoms with Gasteiger partial charge in [-0.25, -0.2) is 0 Å². The lowest BCUT2D eigenvalue weighted by Crippen LogP contribution is -2.02. The SMILES string of the molecule is Clc1nn(Cc2ccccn2)c2ccccc12. The minimum atomic E-state index is 0.538. The molecule has 0 bridgehead atoms. The molecule has 0 saturated carbocycles. The van der Waals surface area contributed by atoms with Gasteiger partial charge in [-0.05, 0) is 24.3 Å². The highest BCUT2D eigenvalue weighted by Crippen LogP contribution is 2.22. The maximum atomic E-state index is 6.09. The second kappa shape index (κ2) is 4.18. The normalized spacial score (nSPS) is 10.9. The molecule has 0 saturated heterocycles. The van der Waals surface area contributed by atoms with Crippen molar-refractivity contribution in [3.05, 3.63) is 59.5 Å². The number of para-hydroxylation sites is 1. The zero-order valence-electron chi connectivity index (χ0n) is 9.05. The molecule has 3 aromatic rings. The summed E-state index contributed by atoms with van der Waals surface area (Å²) >= 11 is 6.09. The lowest BCUT2D eigenvalue weighted by atomic mass is 10.2. The van der Waals surface area contributed by atoms with Gasteiger partial charge in [0, 0.05) is 11.6 Å². The Hall–Kier alpha value is -1.87. The molecule has 2 aromatic heterocycles. The Kier molecular flexibility index (Phi) is 2.53. The van der Waals surface area contributed by atoms with Gasteiger partial charge in [0.05, 0.1) is 17.8 Å². The fourth-order valence-corrected chi connectivity index (χ4v) is 2.10. The Labute approximate surface area is 104 Å². The largest absolute Gasteiger partial charge is 0.259 e. The second-order valence-electron chi connectivity index (χ2n) is 3.79. The van der Waals surface area contributed by atoms with E-state index in [4.69, 9.17) is 11.6 Å². The van der Waals surface area contributed by atoms with Crippen molar-refractivity contribution in [3.63, 3.8) is 0 Å². The van der Waals surface area contributed by atoms with Crippen LogP contribution in [0.25, 0.3) is 10.9 Å². The second-order valence-corrected chi connectivity index (χ2v) is 4.14. The van der Waals surface area contributed by atoms with E-state index in [0.717, 1.165) is 16.6 Å². The third-order valence-corrected chi connectivity index (χ3v) is 2.93. The number of fused-ring (bicyclic) bond motifs is 1. The number of hydrogen-bond acceptors (Lipinski definition) is 2. The average Bonchev–Trinajstić information content (AvgIpc) is 2.69. The Morgan fingerprint density at radius 3 is 2.71 bits per heavy atom. The summed E-state index contributed by atoms with van der Waals surface area (Å²) in [6.45, 7) is 0.633.